The smallest absolute Gasteiger partial charge is 0.315 e. The summed E-state index contributed by atoms with van der Waals surface area (Å²) < 4.78 is 25.7. The molecule has 1 heterocycles. The highest BCUT2D eigenvalue weighted by molar-refractivity contribution is 7.89. The van der Waals surface area contributed by atoms with E-state index in [2.05, 4.69) is 15.6 Å². The van der Waals surface area contributed by atoms with E-state index in [4.69, 9.17) is 0 Å². The van der Waals surface area contributed by atoms with Crippen LogP contribution in [0.15, 0.2) is 53.6 Å². The van der Waals surface area contributed by atoms with Gasteiger partial charge in [0.25, 0.3) is 0 Å². The first-order chi connectivity index (χ1) is 11.4. The molecule has 0 spiro atoms. The number of rotatable bonds is 6. The highest BCUT2D eigenvalue weighted by atomic mass is 32.2. The molecule has 0 unspecified atom stereocenters. The van der Waals surface area contributed by atoms with Crippen LogP contribution in [0.5, 0.6) is 0 Å². The highest BCUT2D eigenvalue weighted by Crippen LogP contribution is 2.18. The Balaban J connectivity index is 1.98. The molecule has 2 rings (SSSR count). The van der Waals surface area contributed by atoms with E-state index in [0.29, 0.717) is 12.1 Å². The van der Waals surface area contributed by atoms with Crippen molar-refractivity contribution in [2.24, 2.45) is 0 Å². The maximum Gasteiger partial charge on any atom is 0.315 e. The third-order valence-corrected chi connectivity index (χ3v) is 5.24. The van der Waals surface area contributed by atoms with Crippen molar-refractivity contribution in [2.45, 2.75) is 18.0 Å². The second-order valence-electron chi connectivity index (χ2n) is 5.25. The molecule has 0 radical (unpaired) electrons. The predicted octanol–water partition coefficient (Wildman–Crippen LogP) is 1.33. The summed E-state index contributed by atoms with van der Waals surface area (Å²) in [5.41, 5.74) is 1.27. The minimum Gasteiger partial charge on any atom is -0.334 e. The molecule has 1 aromatic carbocycles. The maximum absolute atomic E-state index is 12.3. The lowest BCUT2D eigenvalue weighted by Crippen LogP contribution is -2.35. The minimum absolute atomic E-state index is 0.108. The Kier molecular flexibility index (Phi) is 5.88. The molecule has 0 aliphatic rings. The van der Waals surface area contributed by atoms with Crippen molar-refractivity contribution >= 4 is 16.1 Å². The lowest BCUT2D eigenvalue weighted by Gasteiger charge is -2.15. The highest BCUT2D eigenvalue weighted by Gasteiger charge is 2.20. The molecule has 2 N–H and O–H groups in total. The number of carbonyl (C=O) groups excluding carboxylic acids is 1. The number of nitrogens with one attached hydrogen (secondary N) is 2. The number of nitrogens with zero attached hydrogens (tertiary/aromatic N) is 2. The molecule has 8 heteroatoms. The summed E-state index contributed by atoms with van der Waals surface area (Å²) in [5, 5.41) is 5.34. The van der Waals surface area contributed by atoms with Gasteiger partial charge in [-0.1, -0.05) is 24.3 Å². The van der Waals surface area contributed by atoms with E-state index in [1.54, 1.807) is 36.5 Å². The molecular weight excluding hydrogens is 328 g/mol. The first-order valence-corrected chi connectivity index (χ1v) is 8.77. The first-order valence-electron chi connectivity index (χ1n) is 7.33. The fraction of sp³-hybridized carbons (Fsp3) is 0.250. The number of benzene rings is 1. The lowest BCUT2D eigenvalue weighted by atomic mass is 10.2. The Bertz CT molecular complexity index is 792. The zero-order valence-electron chi connectivity index (χ0n) is 13.6. The second kappa shape index (κ2) is 7.89. The SMILES string of the molecule is CN(C)S(=O)(=O)c1ccccc1CNC(=O)NCc1ccccn1. The predicted molar refractivity (Wildman–Crippen MR) is 90.6 cm³/mol. The fourth-order valence-corrected chi connectivity index (χ4v) is 3.13. The Morgan fingerprint density at radius 2 is 1.71 bits per heavy atom. The summed E-state index contributed by atoms with van der Waals surface area (Å²) in [6.07, 6.45) is 1.65. The number of sulfonamides is 1. The molecule has 0 bridgehead atoms. The van der Waals surface area contributed by atoms with E-state index < -0.39 is 16.1 Å². The molecule has 0 aliphatic carbocycles. The maximum atomic E-state index is 12.3. The number of pyridine rings is 1. The van der Waals surface area contributed by atoms with Crippen LogP contribution in [-0.2, 0) is 23.1 Å². The largest absolute Gasteiger partial charge is 0.334 e. The summed E-state index contributed by atoms with van der Waals surface area (Å²) in [7, 11) is -0.616. The van der Waals surface area contributed by atoms with Gasteiger partial charge in [0.05, 0.1) is 17.1 Å². The average molecular weight is 348 g/mol. The van der Waals surface area contributed by atoms with Crippen LogP contribution in [0.2, 0.25) is 0 Å². The van der Waals surface area contributed by atoms with Crippen LogP contribution in [0.4, 0.5) is 4.79 Å². The molecule has 0 fully saturated rings. The second-order valence-corrected chi connectivity index (χ2v) is 7.37. The van der Waals surface area contributed by atoms with Gasteiger partial charge in [0.15, 0.2) is 0 Å². The number of hydrogen-bond acceptors (Lipinski definition) is 4. The summed E-state index contributed by atoms with van der Waals surface area (Å²) in [6, 6.07) is 11.6. The van der Waals surface area contributed by atoms with Crippen LogP contribution < -0.4 is 10.6 Å². The van der Waals surface area contributed by atoms with Crippen LogP contribution in [0.1, 0.15) is 11.3 Å². The van der Waals surface area contributed by atoms with Crippen molar-refractivity contribution in [1.29, 1.82) is 0 Å². The zero-order chi connectivity index (χ0) is 17.6. The molecular formula is C16H20N4O3S. The molecule has 0 saturated heterocycles. The van der Waals surface area contributed by atoms with E-state index in [9.17, 15) is 13.2 Å². The first kappa shape index (κ1) is 17.9. The lowest BCUT2D eigenvalue weighted by molar-refractivity contribution is 0.240. The Morgan fingerprint density at radius 1 is 1.04 bits per heavy atom. The molecule has 128 valence electrons. The normalized spacial score (nSPS) is 11.3. The van der Waals surface area contributed by atoms with E-state index in [1.807, 2.05) is 6.07 Å². The standard InChI is InChI=1S/C16H20N4O3S/c1-20(2)24(22,23)15-9-4-3-7-13(15)11-18-16(21)19-12-14-8-5-6-10-17-14/h3-10H,11-12H2,1-2H3,(H2,18,19,21). The van der Waals surface area contributed by atoms with Crippen LogP contribution in [0, 0.1) is 0 Å². The summed E-state index contributed by atoms with van der Waals surface area (Å²) in [5.74, 6) is 0. The number of hydrogen-bond donors (Lipinski definition) is 2. The van der Waals surface area contributed by atoms with Crippen molar-refractivity contribution in [3.63, 3.8) is 0 Å². The van der Waals surface area contributed by atoms with Gasteiger partial charge in [-0.2, -0.15) is 0 Å². The van der Waals surface area contributed by atoms with Crippen molar-refractivity contribution < 1.29 is 13.2 Å². The van der Waals surface area contributed by atoms with Gasteiger partial charge in [0.2, 0.25) is 10.0 Å². The van der Waals surface area contributed by atoms with Crippen LogP contribution in [0.25, 0.3) is 0 Å². The molecule has 2 amide bonds. The monoisotopic (exact) mass is 348 g/mol. The van der Waals surface area contributed by atoms with Crippen LogP contribution in [-0.4, -0.2) is 37.8 Å². The van der Waals surface area contributed by atoms with Gasteiger partial charge < -0.3 is 10.6 Å². The van der Waals surface area contributed by atoms with E-state index >= 15 is 0 Å². The van der Waals surface area contributed by atoms with Crippen molar-refractivity contribution in [3.05, 3.63) is 59.9 Å². The zero-order valence-corrected chi connectivity index (χ0v) is 14.4. The van der Waals surface area contributed by atoms with Gasteiger partial charge in [-0.3, -0.25) is 4.98 Å². The van der Waals surface area contributed by atoms with E-state index in [0.717, 1.165) is 10.00 Å². The molecule has 24 heavy (non-hydrogen) atoms. The summed E-state index contributed by atoms with van der Waals surface area (Å²) >= 11 is 0. The number of urea groups is 1. The van der Waals surface area contributed by atoms with Gasteiger partial charge in [0.1, 0.15) is 0 Å². The van der Waals surface area contributed by atoms with Gasteiger partial charge in [-0.15, -0.1) is 0 Å². The van der Waals surface area contributed by atoms with Gasteiger partial charge in [-0.25, -0.2) is 17.5 Å². The van der Waals surface area contributed by atoms with Crippen LogP contribution in [0.3, 0.4) is 0 Å². The Labute approximate surface area is 141 Å². The van der Waals surface area contributed by atoms with Gasteiger partial charge in [0, 0.05) is 26.8 Å². The van der Waals surface area contributed by atoms with Crippen molar-refractivity contribution in [1.82, 2.24) is 19.9 Å². The summed E-state index contributed by atoms with van der Waals surface area (Å²) in [4.78, 5) is 16.2. The quantitative estimate of drug-likeness (QED) is 0.824. The molecule has 7 nitrogen and oxygen atoms in total. The molecule has 0 saturated carbocycles. The fourth-order valence-electron chi connectivity index (χ4n) is 2.01. The van der Waals surface area contributed by atoms with Gasteiger partial charge >= 0.3 is 6.03 Å². The molecule has 1 aromatic heterocycles. The third-order valence-electron chi connectivity index (χ3n) is 3.33. The Hall–Kier alpha value is -2.45. The number of aromatic nitrogens is 1. The van der Waals surface area contributed by atoms with Gasteiger partial charge in [-0.05, 0) is 23.8 Å². The average Bonchev–Trinajstić information content (AvgIpc) is 2.59. The molecule has 0 aliphatic heterocycles. The van der Waals surface area contributed by atoms with Crippen molar-refractivity contribution in [3.8, 4) is 0 Å². The third kappa shape index (κ3) is 4.53. The number of carbonyl (C=O) groups is 1. The minimum atomic E-state index is -3.56. The Morgan fingerprint density at radius 3 is 2.38 bits per heavy atom. The van der Waals surface area contributed by atoms with Crippen molar-refractivity contribution in [2.75, 3.05) is 14.1 Å². The van der Waals surface area contributed by atoms with E-state index in [1.165, 1.54) is 20.2 Å². The topological polar surface area (TPSA) is 91.4 Å². The molecule has 2 aromatic rings. The van der Waals surface area contributed by atoms with E-state index in [-0.39, 0.29) is 11.4 Å². The molecule has 0 atom stereocenters. The number of amides is 2. The summed E-state index contributed by atoms with van der Waals surface area (Å²) in [6.45, 7) is 0.404. The van der Waals surface area contributed by atoms with Crippen LogP contribution >= 0.6 is 0 Å².